The van der Waals surface area contributed by atoms with Gasteiger partial charge in [-0.05, 0) is 25.0 Å². The Morgan fingerprint density at radius 2 is 1.95 bits per heavy atom. The number of carbonyl (C=O) groups is 2. The van der Waals surface area contributed by atoms with Crippen LogP contribution in [0.3, 0.4) is 0 Å². The van der Waals surface area contributed by atoms with E-state index in [0.717, 1.165) is 25.0 Å². The first-order chi connectivity index (χ1) is 9.18. The number of carbonyl (C=O) groups excluding carboxylic acids is 1. The van der Waals surface area contributed by atoms with Crippen LogP contribution in [-0.4, -0.2) is 23.5 Å². The van der Waals surface area contributed by atoms with Crippen LogP contribution < -0.4 is 5.32 Å². The summed E-state index contributed by atoms with van der Waals surface area (Å²) in [5, 5.41) is 11.3. The van der Waals surface area contributed by atoms with Crippen molar-refractivity contribution in [1.82, 2.24) is 5.32 Å². The average Bonchev–Trinajstić information content (AvgIpc) is 2.88. The summed E-state index contributed by atoms with van der Waals surface area (Å²) in [5.41, 5.74) is 0. The fourth-order valence-electron chi connectivity index (χ4n) is 1.76. The molecule has 1 amide bonds. The first-order valence-corrected chi connectivity index (χ1v) is 6.69. The van der Waals surface area contributed by atoms with E-state index >= 15 is 0 Å². The molecule has 0 bridgehead atoms. The van der Waals surface area contributed by atoms with Crippen LogP contribution in [0.25, 0.3) is 0 Å². The van der Waals surface area contributed by atoms with E-state index in [4.69, 9.17) is 9.52 Å². The highest BCUT2D eigenvalue weighted by Gasteiger charge is 2.03. The molecule has 5 nitrogen and oxygen atoms in total. The fourth-order valence-corrected chi connectivity index (χ4v) is 1.76. The second-order valence-corrected chi connectivity index (χ2v) is 4.49. The zero-order valence-corrected chi connectivity index (χ0v) is 11.1. The van der Waals surface area contributed by atoms with Crippen molar-refractivity contribution in [2.75, 3.05) is 6.54 Å². The molecule has 0 radical (unpaired) electrons. The van der Waals surface area contributed by atoms with Crippen LogP contribution in [0, 0.1) is 0 Å². The van der Waals surface area contributed by atoms with E-state index in [1.165, 1.54) is 0 Å². The number of unbranched alkanes of at least 4 members (excludes halogenated alkanes) is 3. The molecule has 1 heterocycles. The molecular formula is C14H21NO4. The van der Waals surface area contributed by atoms with Crippen molar-refractivity contribution in [2.24, 2.45) is 0 Å². The van der Waals surface area contributed by atoms with Gasteiger partial charge in [0.15, 0.2) is 0 Å². The number of aliphatic carboxylic acids is 1. The summed E-state index contributed by atoms with van der Waals surface area (Å²) in [7, 11) is 0. The molecule has 0 saturated carbocycles. The van der Waals surface area contributed by atoms with Crippen LogP contribution in [0.5, 0.6) is 0 Å². The predicted octanol–water partition coefficient (Wildman–Crippen LogP) is 2.36. The molecule has 0 fully saturated rings. The number of furan rings is 1. The van der Waals surface area contributed by atoms with Gasteiger partial charge in [-0.3, -0.25) is 9.59 Å². The number of amides is 1. The minimum Gasteiger partial charge on any atom is -0.481 e. The average molecular weight is 267 g/mol. The van der Waals surface area contributed by atoms with E-state index in [1.807, 2.05) is 12.1 Å². The van der Waals surface area contributed by atoms with Gasteiger partial charge in [0, 0.05) is 25.8 Å². The first-order valence-electron chi connectivity index (χ1n) is 6.69. The minimum atomic E-state index is -0.744. The number of hydrogen-bond acceptors (Lipinski definition) is 3. The molecule has 106 valence electrons. The lowest BCUT2D eigenvalue weighted by molar-refractivity contribution is -0.137. The highest BCUT2D eigenvalue weighted by molar-refractivity contribution is 5.76. The monoisotopic (exact) mass is 267 g/mol. The third kappa shape index (κ3) is 8.02. The Morgan fingerprint density at radius 1 is 1.16 bits per heavy atom. The molecule has 19 heavy (non-hydrogen) atoms. The van der Waals surface area contributed by atoms with E-state index in [2.05, 4.69) is 5.32 Å². The number of nitrogens with one attached hydrogen (secondary N) is 1. The SMILES string of the molecule is O=C(O)CCCCCCNC(=O)CCc1ccco1. The van der Waals surface area contributed by atoms with Crippen molar-refractivity contribution in [1.29, 1.82) is 0 Å². The van der Waals surface area contributed by atoms with E-state index in [0.29, 0.717) is 25.8 Å². The van der Waals surface area contributed by atoms with E-state index < -0.39 is 5.97 Å². The van der Waals surface area contributed by atoms with Gasteiger partial charge in [0.05, 0.1) is 6.26 Å². The van der Waals surface area contributed by atoms with Gasteiger partial charge >= 0.3 is 5.97 Å². The van der Waals surface area contributed by atoms with Gasteiger partial charge in [-0.1, -0.05) is 12.8 Å². The van der Waals surface area contributed by atoms with Gasteiger partial charge in [0.1, 0.15) is 5.76 Å². The van der Waals surface area contributed by atoms with Crippen molar-refractivity contribution in [3.8, 4) is 0 Å². The summed E-state index contributed by atoms with van der Waals surface area (Å²) in [5.74, 6) is 0.108. The topological polar surface area (TPSA) is 79.5 Å². The molecule has 5 heteroatoms. The molecule has 0 spiro atoms. The highest BCUT2D eigenvalue weighted by Crippen LogP contribution is 2.04. The van der Waals surface area contributed by atoms with Gasteiger partial charge in [0.2, 0.25) is 5.91 Å². The molecule has 0 aliphatic carbocycles. The highest BCUT2D eigenvalue weighted by atomic mass is 16.4. The zero-order valence-electron chi connectivity index (χ0n) is 11.1. The van der Waals surface area contributed by atoms with Crippen LogP contribution in [-0.2, 0) is 16.0 Å². The second-order valence-electron chi connectivity index (χ2n) is 4.49. The summed E-state index contributed by atoms with van der Waals surface area (Å²) >= 11 is 0. The summed E-state index contributed by atoms with van der Waals surface area (Å²) in [4.78, 5) is 21.8. The Balaban J connectivity index is 1.91. The molecule has 0 saturated heterocycles. The van der Waals surface area contributed by atoms with Gasteiger partial charge in [-0.2, -0.15) is 0 Å². The molecular weight excluding hydrogens is 246 g/mol. The molecule has 1 aromatic heterocycles. The quantitative estimate of drug-likeness (QED) is 0.638. The van der Waals surface area contributed by atoms with Crippen molar-refractivity contribution in [3.05, 3.63) is 24.2 Å². The Hall–Kier alpha value is -1.78. The lowest BCUT2D eigenvalue weighted by Gasteiger charge is -2.04. The standard InChI is InChI=1S/C14H21NO4/c16-13(9-8-12-6-5-11-19-12)15-10-4-2-1-3-7-14(17)18/h5-6,11H,1-4,7-10H2,(H,15,16)(H,17,18). The maximum absolute atomic E-state index is 11.5. The van der Waals surface area contributed by atoms with Gasteiger partial charge in [0.25, 0.3) is 0 Å². The number of carboxylic acids is 1. The second kappa shape index (κ2) is 9.19. The summed E-state index contributed by atoms with van der Waals surface area (Å²) in [6.07, 6.45) is 6.35. The maximum atomic E-state index is 11.5. The Kier molecular flexibility index (Phi) is 7.39. The molecule has 0 aliphatic rings. The van der Waals surface area contributed by atoms with Crippen LogP contribution in [0.15, 0.2) is 22.8 Å². The van der Waals surface area contributed by atoms with Crippen molar-refractivity contribution >= 4 is 11.9 Å². The number of aryl methyl sites for hydroxylation is 1. The fraction of sp³-hybridized carbons (Fsp3) is 0.571. The predicted molar refractivity (Wildman–Crippen MR) is 70.8 cm³/mol. The molecule has 2 N–H and O–H groups in total. The first kappa shape index (κ1) is 15.3. The molecule has 0 aromatic carbocycles. The van der Waals surface area contributed by atoms with Gasteiger partial charge in [-0.25, -0.2) is 0 Å². The third-order valence-electron chi connectivity index (χ3n) is 2.82. The van der Waals surface area contributed by atoms with Crippen molar-refractivity contribution in [3.63, 3.8) is 0 Å². The Bertz CT molecular complexity index is 373. The number of carboxylic acid groups (broad SMARTS) is 1. The molecule has 0 aliphatic heterocycles. The lowest BCUT2D eigenvalue weighted by atomic mass is 10.1. The molecule has 1 rings (SSSR count). The molecule has 0 atom stereocenters. The van der Waals surface area contributed by atoms with Crippen molar-refractivity contribution in [2.45, 2.75) is 44.9 Å². The Morgan fingerprint density at radius 3 is 2.63 bits per heavy atom. The van der Waals surface area contributed by atoms with E-state index in [1.54, 1.807) is 6.26 Å². The van der Waals surface area contributed by atoms with Crippen LogP contribution >= 0.6 is 0 Å². The maximum Gasteiger partial charge on any atom is 0.303 e. The zero-order chi connectivity index (χ0) is 13.9. The molecule has 1 aromatic rings. The summed E-state index contributed by atoms with van der Waals surface area (Å²) < 4.78 is 5.15. The summed E-state index contributed by atoms with van der Waals surface area (Å²) in [6, 6.07) is 3.67. The largest absolute Gasteiger partial charge is 0.481 e. The molecule has 0 unspecified atom stereocenters. The normalized spacial score (nSPS) is 10.3. The number of rotatable bonds is 10. The van der Waals surface area contributed by atoms with Crippen LogP contribution in [0.1, 0.15) is 44.3 Å². The smallest absolute Gasteiger partial charge is 0.303 e. The van der Waals surface area contributed by atoms with Gasteiger partial charge < -0.3 is 14.8 Å². The Labute approximate surface area is 113 Å². The minimum absolute atomic E-state index is 0.0296. The van der Waals surface area contributed by atoms with Crippen LogP contribution in [0.2, 0.25) is 0 Å². The van der Waals surface area contributed by atoms with E-state index in [9.17, 15) is 9.59 Å². The summed E-state index contributed by atoms with van der Waals surface area (Å²) in [6.45, 7) is 0.657. The van der Waals surface area contributed by atoms with Crippen LogP contribution in [0.4, 0.5) is 0 Å². The van der Waals surface area contributed by atoms with Crippen molar-refractivity contribution < 1.29 is 19.1 Å². The lowest BCUT2D eigenvalue weighted by Crippen LogP contribution is -2.24. The number of hydrogen-bond donors (Lipinski definition) is 2. The van der Waals surface area contributed by atoms with Gasteiger partial charge in [-0.15, -0.1) is 0 Å². The van der Waals surface area contributed by atoms with E-state index in [-0.39, 0.29) is 12.3 Å². The third-order valence-corrected chi connectivity index (χ3v) is 2.82.